The van der Waals surface area contributed by atoms with Crippen molar-refractivity contribution in [3.63, 3.8) is 0 Å². The fraction of sp³-hybridized carbons (Fsp3) is 0.471. The molecule has 1 spiro atoms. The molecule has 25 heavy (non-hydrogen) atoms. The molecule has 1 aliphatic carbocycles. The van der Waals surface area contributed by atoms with Gasteiger partial charge in [0.1, 0.15) is 5.69 Å². The number of nitrogens with one attached hydrogen (secondary N) is 2. The summed E-state index contributed by atoms with van der Waals surface area (Å²) in [5, 5.41) is 13.8. The van der Waals surface area contributed by atoms with Crippen LogP contribution in [0.1, 0.15) is 35.3 Å². The van der Waals surface area contributed by atoms with Gasteiger partial charge in [-0.25, -0.2) is 5.10 Å². The Labute approximate surface area is 156 Å². The van der Waals surface area contributed by atoms with Crippen LogP contribution in [0.15, 0.2) is 33.8 Å². The Balaban J connectivity index is 0.00000182. The summed E-state index contributed by atoms with van der Waals surface area (Å²) in [5.74, 6) is -0.0992. The molecule has 2 aromatic heterocycles. The minimum atomic E-state index is -0.294. The number of carbonyl (C=O) groups excluding carboxylic acids is 1. The summed E-state index contributed by atoms with van der Waals surface area (Å²) < 4.78 is 0. The van der Waals surface area contributed by atoms with Gasteiger partial charge in [0.2, 0.25) is 0 Å². The van der Waals surface area contributed by atoms with Crippen molar-refractivity contribution in [3.05, 3.63) is 50.6 Å². The molecule has 1 unspecified atom stereocenters. The lowest BCUT2D eigenvalue weighted by atomic mass is 9.93. The summed E-state index contributed by atoms with van der Waals surface area (Å²) in [6, 6.07) is 5.19. The standard InChI is InChI=1S/C17H20N4O2S.ClH/c22-15-2-1-13(19-20-15)16(23)21(10-12-3-8-24-11-12)14-9-17(14)4-6-18-7-5-17;/h1-3,8,11,14,18H,4-7,9-10H2,(H,20,22);1H. The van der Waals surface area contributed by atoms with Gasteiger partial charge in [-0.1, -0.05) is 0 Å². The van der Waals surface area contributed by atoms with E-state index >= 15 is 0 Å². The third-order valence-corrected chi connectivity index (χ3v) is 5.95. The zero-order valence-corrected chi connectivity index (χ0v) is 15.4. The molecule has 2 fully saturated rings. The highest BCUT2D eigenvalue weighted by Crippen LogP contribution is 2.56. The van der Waals surface area contributed by atoms with Crippen LogP contribution >= 0.6 is 23.7 Å². The number of thiophene rings is 1. The molecule has 1 saturated carbocycles. The van der Waals surface area contributed by atoms with Gasteiger partial charge in [0.25, 0.3) is 11.5 Å². The van der Waals surface area contributed by atoms with Gasteiger partial charge in [-0.05, 0) is 66.2 Å². The highest BCUT2D eigenvalue weighted by molar-refractivity contribution is 7.07. The number of carbonyl (C=O) groups is 1. The average molecular weight is 381 g/mol. The summed E-state index contributed by atoms with van der Waals surface area (Å²) in [7, 11) is 0. The minimum Gasteiger partial charge on any atom is -0.329 e. The molecule has 6 nitrogen and oxygen atoms in total. The SMILES string of the molecule is Cl.O=C(c1ccc(=O)[nH]n1)N(Cc1ccsc1)C1CC12CCNCC2. The topological polar surface area (TPSA) is 78.1 Å². The molecule has 3 heterocycles. The number of piperidine rings is 1. The first-order valence-corrected chi connectivity index (χ1v) is 9.21. The molecule has 2 aliphatic rings. The number of nitrogens with zero attached hydrogens (tertiary/aromatic N) is 2. The molecule has 2 aromatic rings. The predicted molar refractivity (Wildman–Crippen MR) is 99.2 cm³/mol. The van der Waals surface area contributed by atoms with Crippen LogP contribution in [0.25, 0.3) is 0 Å². The Morgan fingerprint density at radius 2 is 2.12 bits per heavy atom. The molecule has 0 aromatic carbocycles. The van der Waals surface area contributed by atoms with Gasteiger partial charge >= 0.3 is 0 Å². The van der Waals surface area contributed by atoms with Gasteiger partial charge in [-0.2, -0.15) is 16.4 Å². The number of amides is 1. The Kier molecular flexibility index (Phi) is 5.27. The van der Waals surface area contributed by atoms with Crippen LogP contribution in [0.3, 0.4) is 0 Å². The largest absolute Gasteiger partial charge is 0.329 e. The fourth-order valence-corrected chi connectivity index (χ4v) is 4.40. The van der Waals surface area contributed by atoms with Crippen molar-refractivity contribution in [1.82, 2.24) is 20.4 Å². The number of H-pyrrole nitrogens is 1. The van der Waals surface area contributed by atoms with E-state index in [0.717, 1.165) is 37.9 Å². The van der Waals surface area contributed by atoms with Gasteiger partial charge < -0.3 is 10.2 Å². The minimum absolute atomic E-state index is 0. The lowest BCUT2D eigenvalue weighted by Gasteiger charge is -2.29. The Morgan fingerprint density at radius 1 is 1.32 bits per heavy atom. The van der Waals surface area contributed by atoms with E-state index in [9.17, 15) is 9.59 Å². The Bertz CT molecular complexity index is 766. The maximum absolute atomic E-state index is 13.0. The normalized spacial score (nSPS) is 20.7. The first-order valence-electron chi connectivity index (χ1n) is 8.26. The maximum Gasteiger partial charge on any atom is 0.274 e. The average Bonchev–Trinajstić information content (AvgIpc) is 3.04. The van der Waals surface area contributed by atoms with E-state index in [4.69, 9.17) is 0 Å². The first-order chi connectivity index (χ1) is 11.7. The molecule has 4 rings (SSSR count). The second-order valence-corrected chi connectivity index (χ2v) is 7.48. The predicted octanol–water partition coefficient (Wildman–Crippen LogP) is 2.04. The second-order valence-electron chi connectivity index (χ2n) is 6.70. The van der Waals surface area contributed by atoms with E-state index in [1.165, 1.54) is 12.1 Å². The van der Waals surface area contributed by atoms with Crippen LogP contribution in [-0.2, 0) is 6.54 Å². The molecule has 0 bridgehead atoms. The quantitative estimate of drug-likeness (QED) is 0.850. The number of rotatable bonds is 4. The van der Waals surface area contributed by atoms with Crippen LogP contribution in [0.2, 0.25) is 0 Å². The summed E-state index contributed by atoms with van der Waals surface area (Å²) >= 11 is 1.64. The maximum atomic E-state index is 13.0. The van der Waals surface area contributed by atoms with E-state index in [0.29, 0.717) is 12.2 Å². The number of aromatic nitrogens is 2. The molecule has 1 atom stereocenters. The second kappa shape index (κ2) is 7.27. The monoisotopic (exact) mass is 380 g/mol. The molecule has 134 valence electrons. The van der Waals surface area contributed by atoms with Crippen LogP contribution < -0.4 is 10.9 Å². The van der Waals surface area contributed by atoms with Gasteiger partial charge in [0, 0.05) is 18.7 Å². The number of aromatic amines is 1. The third-order valence-electron chi connectivity index (χ3n) is 5.21. The number of hydrogen-bond acceptors (Lipinski definition) is 5. The molecule has 1 amide bonds. The third kappa shape index (κ3) is 3.63. The molecule has 1 aliphatic heterocycles. The van der Waals surface area contributed by atoms with E-state index in [2.05, 4.69) is 27.0 Å². The summed E-state index contributed by atoms with van der Waals surface area (Å²) in [6.07, 6.45) is 3.29. The number of halogens is 1. The van der Waals surface area contributed by atoms with Gasteiger partial charge in [-0.3, -0.25) is 9.59 Å². The lowest BCUT2D eigenvalue weighted by Crippen LogP contribution is -2.39. The summed E-state index contributed by atoms with van der Waals surface area (Å²) in [4.78, 5) is 26.2. The van der Waals surface area contributed by atoms with Crippen LogP contribution in [0.4, 0.5) is 0 Å². The lowest BCUT2D eigenvalue weighted by molar-refractivity contribution is 0.0685. The molecule has 2 N–H and O–H groups in total. The smallest absolute Gasteiger partial charge is 0.274 e. The van der Waals surface area contributed by atoms with Crippen molar-refractivity contribution < 1.29 is 4.79 Å². The number of hydrogen-bond donors (Lipinski definition) is 2. The van der Waals surface area contributed by atoms with Gasteiger partial charge in [0.15, 0.2) is 0 Å². The van der Waals surface area contributed by atoms with Crippen LogP contribution in [0, 0.1) is 5.41 Å². The summed E-state index contributed by atoms with van der Waals surface area (Å²) in [5.41, 5.74) is 1.42. The molecular formula is C17H21ClN4O2S. The molecule has 0 radical (unpaired) electrons. The van der Waals surface area contributed by atoms with E-state index in [1.807, 2.05) is 10.3 Å². The van der Waals surface area contributed by atoms with Gasteiger partial charge in [-0.15, -0.1) is 12.4 Å². The van der Waals surface area contributed by atoms with Crippen molar-refractivity contribution in [3.8, 4) is 0 Å². The van der Waals surface area contributed by atoms with Crippen LogP contribution in [0.5, 0.6) is 0 Å². The zero-order valence-electron chi connectivity index (χ0n) is 13.7. The first kappa shape index (κ1) is 18.1. The molecule has 1 saturated heterocycles. The zero-order chi connectivity index (χ0) is 16.6. The van der Waals surface area contributed by atoms with Crippen molar-refractivity contribution in [2.24, 2.45) is 5.41 Å². The Hall–Kier alpha value is -1.70. The summed E-state index contributed by atoms with van der Waals surface area (Å²) in [6.45, 7) is 2.64. The highest BCUT2D eigenvalue weighted by Gasteiger charge is 2.57. The van der Waals surface area contributed by atoms with Crippen LogP contribution in [-0.4, -0.2) is 40.1 Å². The van der Waals surface area contributed by atoms with Crippen molar-refractivity contribution >= 4 is 29.7 Å². The van der Waals surface area contributed by atoms with Crippen molar-refractivity contribution in [1.29, 1.82) is 0 Å². The van der Waals surface area contributed by atoms with Crippen molar-refractivity contribution in [2.75, 3.05) is 13.1 Å². The van der Waals surface area contributed by atoms with E-state index in [1.54, 1.807) is 11.3 Å². The van der Waals surface area contributed by atoms with E-state index in [-0.39, 0.29) is 35.3 Å². The molecular weight excluding hydrogens is 360 g/mol. The highest BCUT2D eigenvalue weighted by atomic mass is 35.5. The van der Waals surface area contributed by atoms with Gasteiger partial charge in [0.05, 0.1) is 0 Å². The van der Waals surface area contributed by atoms with E-state index < -0.39 is 0 Å². The van der Waals surface area contributed by atoms with Crippen molar-refractivity contribution in [2.45, 2.75) is 31.8 Å². The fourth-order valence-electron chi connectivity index (χ4n) is 3.74. The molecule has 8 heteroatoms. The Morgan fingerprint density at radius 3 is 2.76 bits per heavy atom.